The molecule has 1 N–H and O–H groups in total. The number of carbonyl (C=O) groups excluding carboxylic acids is 1. The van der Waals surface area contributed by atoms with Gasteiger partial charge in [-0.3, -0.25) is 19.7 Å². The Labute approximate surface area is 359 Å². The quantitative estimate of drug-likeness (QED) is 0.0846. The zero-order chi connectivity index (χ0) is 42.5. The van der Waals surface area contributed by atoms with Crippen LogP contribution in [0.3, 0.4) is 0 Å². The van der Waals surface area contributed by atoms with E-state index in [0.717, 1.165) is 63.2 Å². The molecule has 1 unspecified atom stereocenters. The highest BCUT2D eigenvalue weighted by atomic mass is 16.7. The number of fused-ring (bicyclic) bond motifs is 1. The molecule has 1 atom stereocenters. The third-order valence-electron chi connectivity index (χ3n) is 11.4. The minimum Gasteiger partial charge on any atom is -0.461 e. The molecule has 11 heteroatoms. The summed E-state index contributed by atoms with van der Waals surface area (Å²) in [6.07, 6.45) is 3.62. The van der Waals surface area contributed by atoms with Gasteiger partial charge in [0.25, 0.3) is 5.56 Å². The molecule has 0 amide bonds. The summed E-state index contributed by atoms with van der Waals surface area (Å²) in [5, 5.41) is 14.3. The average molecular weight is 820 g/mol. The monoisotopic (exact) mass is 819 g/mol. The maximum absolute atomic E-state index is 14.4. The fraction of sp³-hybridized carbons (Fsp3) is 0.176. The van der Waals surface area contributed by atoms with Crippen molar-refractivity contribution in [2.75, 3.05) is 6.61 Å². The molecule has 0 radical (unpaired) electrons. The van der Waals surface area contributed by atoms with Crippen molar-refractivity contribution in [1.82, 2.24) is 35.2 Å². The van der Waals surface area contributed by atoms with Crippen LogP contribution in [0.5, 0.6) is 0 Å². The van der Waals surface area contributed by atoms with Gasteiger partial charge in [0, 0.05) is 12.0 Å². The Bertz CT molecular complexity index is 2830. The van der Waals surface area contributed by atoms with Gasteiger partial charge in [-0.15, -0.1) is 5.10 Å². The van der Waals surface area contributed by atoms with Gasteiger partial charge in [-0.1, -0.05) is 159 Å². The third kappa shape index (κ3) is 7.47. The molecular formula is C51H45N7O4. The van der Waals surface area contributed by atoms with Gasteiger partial charge in [-0.2, -0.15) is 0 Å². The molecule has 0 saturated carbocycles. The van der Waals surface area contributed by atoms with Gasteiger partial charge >= 0.3 is 5.97 Å². The number of nitrogens with one attached hydrogen (secondary N) is 1. The number of tetrazole rings is 1. The number of hydrogen-bond acceptors (Lipinski definition) is 9. The highest BCUT2D eigenvalue weighted by molar-refractivity contribution is 5.88. The second-order valence-corrected chi connectivity index (χ2v) is 15.2. The number of unbranched alkanes of at least 4 members (excludes halogenated alkanes) is 1. The minimum atomic E-state index is -0.903. The third-order valence-corrected chi connectivity index (χ3v) is 11.4. The van der Waals surface area contributed by atoms with Gasteiger partial charge in [-0.25, -0.2) is 14.5 Å². The number of carbonyl (C=O) groups is 1. The molecule has 3 heterocycles. The lowest BCUT2D eigenvalue weighted by molar-refractivity contribution is -0.140. The lowest BCUT2D eigenvalue weighted by Crippen LogP contribution is -2.39. The molecule has 0 aliphatic carbocycles. The molecule has 62 heavy (non-hydrogen) atoms. The van der Waals surface area contributed by atoms with Gasteiger partial charge in [0.15, 0.2) is 5.82 Å². The molecule has 308 valence electrons. The Morgan fingerprint density at radius 2 is 1.40 bits per heavy atom. The fourth-order valence-corrected chi connectivity index (χ4v) is 8.37. The van der Waals surface area contributed by atoms with Crippen molar-refractivity contribution < 1.29 is 14.4 Å². The lowest BCUT2D eigenvalue weighted by Gasteiger charge is -2.36. The van der Waals surface area contributed by atoms with E-state index < -0.39 is 17.6 Å². The maximum atomic E-state index is 14.4. The normalized spacial score (nSPS) is 13.8. The summed E-state index contributed by atoms with van der Waals surface area (Å²) in [7, 11) is 0. The van der Waals surface area contributed by atoms with Gasteiger partial charge < -0.3 is 4.74 Å². The summed E-state index contributed by atoms with van der Waals surface area (Å²) < 4.78 is 8.85. The molecule has 1 aliphatic rings. The molecular weight excluding hydrogens is 775 g/mol. The van der Waals surface area contributed by atoms with Crippen molar-refractivity contribution in [3.05, 3.63) is 213 Å². The molecule has 0 saturated heterocycles. The van der Waals surface area contributed by atoms with Crippen LogP contribution in [0.2, 0.25) is 0 Å². The molecule has 1 aliphatic heterocycles. The Hall–Kier alpha value is -7.50. The first-order valence-electron chi connectivity index (χ1n) is 21.0. The van der Waals surface area contributed by atoms with E-state index in [1.54, 1.807) is 23.6 Å². The molecule has 6 aromatic carbocycles. The van der Waals surface area contributed by atoms with Gasteiger partial charge in [0.1, 0.15) is 23.2 Å². The van der Waals surface area contributed by atoms with Crippen molar-refractivity contribution in [1.29, 1.82) is 0 Å². The summed E-state index contributed by atoms with van der Waals surface area (Å²) in [5.41, 5.74) is 10.0. The fourth-order valence-electron chi connectivity index (χ4n) is 8.37. The average Bonchev–Trinajstić information content (AvgIpc) is 4.03. The van der Waals surface area contributed by atoms with E-state index in [1.165, 1.54) is 0 Å². The molecule has 0 fully saturated rings. The zero-order valence-corrected chi connectivity index (χ0v) is 34.5. The number of benzene rings is 6. The van der Waals surface area contributed by atoms with Crippen LogP contribution in [0.25, 0.3) is 33.4 Å². The molecule has 0 bridgehead atoms. The van der Waals surface area contributed by atoms with Crippen LogP contribution < -0.4 is 11.0 Å². The van der Waals surface area contributed by atoms with Crippen molar-refractivity contribution in [2.45, 2.75) is 51.3 Å². The highest BCUT2D eigenvalue weighted by Gasteiger charge is 2.42. The van der Waals surface area contributed by atoms with Crippen LogP contribution in [0.15, 0.2) is 174 Å². The summed E-state index contributed by atoms with van der Waals surface area (Å²) in [4.78, 5) is 37.4. The largest absolute Gasteiger partial charge is 0.461 e. The van der Waals surface area contributed by atoms with Crippen LogP contribution in [0, 0.1) is 0 Å². The molecule has 11 nitrogen and oxygen atoms in total. The van der Waals surface area contributed by atoms with Crippen LogP contribution in [-0.4, -0.2) is 42.3 Å². The van der Waals surface area contributed by atoms with E-state index >= 15 is 0 Å². The van der Waals surface area contributed by atoms with E-state index in [0.29, 0.717) is 29.7 Å². The standard InChI is InChI=1S/C51H45N7O4/c1-3-5-25-47-52-44-31-30-37(46-33-45(54-62-46)50(60)61-4-2)32-43(44)49(59)57(47)34-35-26-28-36(29-27-35)41-23-15-16-24-42(41)48-53-55-56-58(48)51(38-17-9-6-10-18-38,39-19-11-7-12-20-39)40-21-13-8-14-22-40/h6-24,26-33,46,54H,3-5,25,34H2,1-2H3. The van der Waals surface area contributed by atoms with E-state index in [4.69, 9.17) is 24.9 Å². The number of nitrogens with zero attached hydrogens (tertiary/aromatic N) is 6. The Morgan fingerprint density at radius 1 is 0.774 bits per heavy atom. The number of hydroxylamine groups is 1. The Morgan fingerprint density at radius 3 is 2.03 bits per heavy atom. The summed E-state index contributed by atoms with van der Waals surface area (Å²) >= 11 is 0. The van der Waals surface area contributed by atoms with Crippen molar-refractivity contribution in [3.8, 4) is 22.5 Å². The number of aromatic nitrogens is 6. The number of ether oxygens (including phenoxy) is 1. The Kier molecular flexibility index (Phi) is 11.3. The first kappa shape index (κ1) is 39.9. The van der Waals surface area contributed by atoms with Crippen LogP contribution in [-0.2, 0) is 32.9 Å². The topological polar surface area (TPSA) is 126 Å². The molecule has 9 rings (SSSR count). The van der Waals surface area contributed by atoms with E-state index in [2.05, 4.69) is 90.4 Å². The first-order valence-corrected chi connectivity index (χ1v) is 21.0. The second kappa shape index (κ2) is 17.6. The van der Waals surface area contributed by atoms with Crippen LogP contribution >= 0.6 is 0 Å². The summed E-state index contributed by atoms with van der Waals surface area (Å²) in [6, 6.07) is 53.1. The lowest BCUT2D eigenvalue weighted by atomic mass is 9.77. The van der Waals surface area contributed by atoms with Gasteiger partial charge in [-0.05, 0) is 80.9 Å². The second-order valence-electron chi connectivity index (χ2n) is 15.2. The molecule has 2 aromatic heterocycles. The van der Waals surface area contributed by atoms with E-state index in [9.17, 15) is 9.59 Å². The number of rotatable bonds is 14. The van der Waals surface area contributed by atoms with Crippen LogP contribution in [0.1, 0.15) is 66.4 Å². The predicted octanol–water partition coefficient (Wildman–Crippen LogP) is 8.97. The SMILES string of the molecule is CCCCc1nc2ccc(C3C=C(C(=O)OCC)NO3)cc2c(=O)n1Cc1ccc(-c2ccccc2-c2nnnn2C(c2ccccc2)(c2ccccc2)c2ccccc2)cc1. The predicted molar refractivity (Wildman–Crippen MR) is 239 cm³/mol. The molecule has 8 aromatic rings. The number of esters is 1. The highest BCUT2D eigenvalue weighted by Crippen LogP contribution is 2.43. The maximum Gasteiger partial charge on any atom is 0.356 e. The molecule has 0 spiro atoms. The Balaban J connectivity index is 1.09. The summed E-state index contributed by atoms with van der Waals surface area (Å²) in [6.45, 7) is 4.47. The first-order chi connectivity index (χ1) is 30.5. The zero-order valence-electron chi connectivity index (χ0n) is 34.5. The van der Waals surface area contributed by atoms with Crippen molar-refractivity contribution >= 4 is 16.9 Å². The van der Waals surface area contributed by atoms with E-state index in [-0.39, 0.29) is 17.9 Å². The van der Waals surface area contributed by atoms with Crippen molar-refractivity contribution in [2.24, 2.45) is 0 Å². The minimum absolute atomic E-state index is 0.136. The van der Waals surface area contributed by atoms with Gasteiger partial charge in [0.05, 0.1) is 24.1 Å². The van der Waals surface area contributed by atoms with Crippen LogP contribution in [0.4, 0.5) is 0 Å². The van der Waals surface area contributed by atoms with Gasteiger partial charge in [0.2, 0.25) is 0 Å². The summed E-state index contributed by atoms with van der Waals surface area (Å²) in [5.74, 6) is 0.855. The number of hydrogen-bond donors (Lipinski definition) is 1. The van der Waals surface area contributed by atoms with E-state index in [1.807, 2.05) is 83.5 Å². The van der Waals surface area contributed by atoms with Crippen molar-refractivity contribution in [3.63, 3.8) is 0 Å². The smallest absolute Gasteiger partial charge is 0.356 e. The number of aryl methyl sites for hydroxylation is 1.